The Labute approximate surface area is 143 Å². The highest BCUT2D eigenvalue weighted by atomic mass is 32.1. The summed E-state index contributed by atoms with van der Waals surface area (Å²) in [6.07, 6.45) is 0.625. The van der Waals surface area contributed by atoms with Gasteiger partial charge in [-0.05, 0) is 36.5 Å². The van der Waals surface area contributed by atoms with Crippen LogP contribution in [0.2, 0.25) is 0 Å². The molecule has 1 aromatic rings. The van der Waals surface area contributed by atoms with Gasteiger partial charge < -0.3 is 9.84 Å². The summed E-state index contributed by atoms with van der Waals surface area (Å²) >= 11 is 5.20. The van der Waals surface area contributed by atoms with Crippen molar-refractivity contribution in [2.24, 2.45) is 11.8 Å². The normalized spacial score (nSPS) is 20.5. The predicted molar refractivity (Wildman–Crippen MR) is 94.0 cm³/mol. The van der Waals surface area contributed by atoms with E-state index in [4.69, 9.17) is 17.0 Å². The lowest BCUT2D eigenvalue weighted by molar-refractivity contribution is -0.135. The summed E-state index contributed by atoms with van der Waals surface area (Å²) in [5.41, 5.74) is 1.14. The maximum Gasteiger partial charge on any atom is 0.266 e. The topological polar surface area (TPSA) is 49.8 Å². The minimum absolute atomic E-state index is 0.105. The lowest BCUT2D eigenvalue weighted by Gasteiger charge is -2.27. The van der Waals surface area contributed by atoms with Crippen LogP contribution in [0.4, 0.5) is 0 Å². The fourth-order valence-corrected chi connectivity index (χ4v) is 3.15. The van der Waals surface area contributed by atoms with Crippen LogP contribution in [0.5, 0.6) is 0 Å². The first kappa shape index (κ1) is 17.9. The van der Waals surface area contributed by atoms with Gasteiger partial charge in [-0.3, -0.25) is 9.69 Å². The summed E-state index contributed by atoms with van der Waals surface area (Å²) in [5, 5.41) is 10.5. The Morgan fingerprint density at radius 2 is 2.00 bits per heavy atom. The summed E-state index contributed by atoms with van der Waals surface area (Å²) in [4.78, 5) is 14.3. The lowest BCUT2D eigenvalue weighted by atomic mass is 9.94. The molecule has 0 bridgehead atoms. The maximum atomic E-state index is 12.8. The zero-order chi connectivity index (χ0) is 17.0. The molecule has 1 aliphatic heterocycles. The van der Waals surface area contributed by atoms with E-state index >= 15 is 0 Å². The highest BCUT2D eigenvalue weighted by Crippen LogP contribution is 2.23. The Morgan fingerprint density at radius 1 is 1.35 bits per heavy atom. The number of rotatable bonds is 6. The number of ether oxygens (including phenoxy) is 1. The second kappa shape index (κ2) is 7.88. The van der Waals surface area contributed by atoms with Crippen molar-refractivity contribution in [3.63, 3.8) is 0 Å². The third kappa shape index (κ3) is 4.52. The Bertz CT molecular complexity index is 546. The van der Waals surface area contributed by atoms with E-state index in [1.54, 1.807) is 11.8 Å². The van der Waals surface area contributed by atoms with E-state index < -0.39 is 12.0 Å². The summed E-state index contributed by atoms with van der Waals surface area (Å²) in [6.45, 7) is 6.23. The van der Waals surface area contributed by atoms with Crippen LogP contribution in [0.25, 0.3) is 0 Å². The van der Waals surface area contributed by atoms with Crippen LogP contribution in [0.1, 0.15) is 32.8 Å². The van der Waals surface area contributed by atoms with Gasteiger partial charge >= 0.3 is 0 Å². The molecule has 3 atom stereocenters. The van der Waals surface area contributed by atoms with Crippen molar-refractivity contribution in [1.29, 1.82) is 0 Å². The zero-order valence-electron chi connectivity index (χ0n) is 13.9. The number of amides is 1. The molecule has 1 amide bonds. The van der Waals surface area contributed by atoms with Gasteiger partial charge in [-0.1, -0.05) is 51.1 Å². The van der Waals surface area contributed by atoms with Crippen LogP contribution in [0, 0.1) is 11.8 Å². The minimum atomic E-state index is -0.664. The molecule has 1 heterocycles. The molecule has 0 radical (unpaired) electrons. The van der Waals surface area contributed by atoms with Crippen molar-refractivity contribution in [3.8, 4) is 0 Å². The summed E-state index contributed by atoms with van der Waals surface area (Å²) in [5.74, 6) is -0.306. The van der Waals surface area contributed by atoms with Gasteiger partial charge in [0.2, 0.25) is 5.91 Å². The van der Waals surface area contributed by atoms with Crippen molar-refractivity contribution in [3.05, 3.63) is 35.9 Å². The molecule has 0 unspecified atom stereocenters. The third-order valence-corrected chi connectivity index (χ3v) is 4.51. The maximum absolute atomic E-state index is 12.8. The van der Waals surface area contributed by atoms with Crippen LogP contribution in [-0.2, 0) is 16.0 Å². The van der Waals surface area contributed by atoms with Gasteiger partial charge in [0.05, 0.1) is 18.1 Å². The molecule has 1 N–H and O–H groups in total. The first-order chi connectivity index (χ1) is 10.9. The number of hydrogen-bond acceptors (Lipinski definition) is 4. The Kier molecular flexibility index (Phi) is 6.13. The average molecular weight is 335 g/mol. The van der Waals surface area contributed by atoms with Gasteiger partial charge in [0, 0.05) is 0 Å². The molecule has 1 fully saturated rings. The highest BCUT2D eigenvalue weighted by molar-refractivity contribution is 7.80. The van der Waals surface area contributed by atoms with Crippen LogP contribution in [0.3, 0.4) is 0 Å². The lowest BCUT2D eigenvalue weighted by Crippen LogP contribution is -2.45. The molecular weight excluding hydrogens is 310 g/mol. The summed E-state index contributed by atoms with van der Waals surface area (Å²) in [6, 6.07) is 9.87. The second-order valence-electron chi connectivity index (χ2n) is 6.61. The van der Waals surface area contributed by atoms with Crippen molar-refractivity contribution in [2.75, 3.05) is 6.61 Å². The molecule has 126 valence electrons. The quantitative estimate of drug-likeness (QED) is 0.812. The van der Waals surface area contributed by atoms with Crippen molar-refractivity contribution in [2.45, 2.75) is 45.8 Å². The smallest absolute Gasteiger partial charge is 0.266 e. The number of aliphatic hydroxyl groups is 1. The molecule has 0 saturated carbocycles. The van der Waals surface area contributed by atoms with Crippen LogP contribution < -0.4 is 0 Å². The summed E-state index contributed by atoms with van der Waals surface area (Å²) < 4.78 is 5.44. The molecular formula is C18H25NO3S. The number of thiocarbonyl (C=S) groups is 1. The molecule has 4 nitrogen and oxygen atoms in total. The molecule has 0 aromatic heterocycles. The molecule has 5 heteroatoms. The van der Waals surface area contributed by atoms with E-state index in [9.17, 15) is 9.90 Å². The van der Waals surface area contributed by atoms with E-state index in [1.165, 1.54) is 0 Å². The van der Waals surface area contributed by atoms with E-state index in [1.807, 2.05) is 44.2 Å². The van der Waals surface area contributed by atoms with E-state index in [2.05, 4.69) is 0 Å². The van der Waals surface area contributed by atoms with Gasteiger partial charge in [0.15, 0.2) is 0 Å². The summed E-state index contributed by atoms with van der Waals surface area (Å²) in [7, 11) is 0. The highest BCUT2D eigenvalue weighted by Gasteiger charge is 2.38. The third-order valence-electron chi connectivity index (χ3n) is 4.19. The molecule has 0 aliphatic carbocycles. The number of nitrogens with zero attached hydrogens (tertiary/aromatic N) is 1. The fourth-order valence-electron chi connectivity index (χ4n) is 2.84. The average Bonchev–Trinajstić information content (AvgIpc) is 2.86. The van der Waals surface area contributed by atoms with E-state index in [0.717, 1.165) is 5.56 Å². The van der Waals surface area contributed by atoms with Gasteiger partial charge in [-0.25, -0.2) is 0 Å². The van der Waals surface area contributed by atoms with Crippen molar-refractivity contribution >= 4 is 23.3 Å². The number of hydrogen-bond donors (Lipinski definition) is 1. The number of benzene rings is 1. The van der Waals surface area contributed by atoms with Gasteiger partial charge in [0.25, 0.3) is 5.17 Å². The van der Waals surface area contributed by atoms with E-state index in [-0.39, 0.29) is 17.1 Å². The van der Waals surface area contributed by atoms with Gasteiger partial charge in [-0.2, -0.15) is 0 Å². The number of carbonyl (C=O) groups is 1. The first-order valence-electron chi connectivity index (χ1n) is 8.12. The second-order valence-corrected chi connectivity index (χ2v) is 6.96. The van der Waals surface area contributed by atoms with Crippen LogP contribution >= 0.6 is 12.2 Å². The van der Waals surface area contributed by atoms with Crippen LogP contribution in [0.15, 0.2) is 30.3 Å². The molecule has 1 aliphatic rings. The number of carbonyl (C=O) groups excluding carboxylic acids is 1. The van der Waals surface area contributed by atoms with Gasteiger partial charge in [-0.15, -0.1) is 0 Å². The van der Waals surface area contributed by atoms with Gasteiger partial charge in [0.1, 0.15) is 6.61 Å². The molecule has 2 rings (SSSR count). The predicted octanol–water partition coefficient (Wildman–Crippen LogP) is 2.78. The number of aliphatic hydroxyl groups excluding tert-OH is 1. The zero-order valence-corrected chi connectivity index (χ0v) is 14.8. The largest absolute Gasteiger partial charge is 0.468 e. The Morgan fingerprint density at radius 3 is 2.61 bits per heavy atom. The van der Waals surface area contributed by atoms with Crippen molar-refractivity contribution < 1.29 is 14.6 Å². The minimum Gasteiger partial charge on any atom is -0.468 e. The SMILES string of the molecule is CC(C)C[C@@H](O)[C@H](C)C(=O)N1C(=S)OC[C@@H]1Cc1ccccc1. The molecule has 0 spiro atoms. The monoisotopic (exact) mass is 335 g/mol. The van der Waals surface area contributed by atoms with Crippen LogP contribution in [-0.4, -0.2) is 39.8 Å². The fraction of sp³-hybridized carbons (Fsp3) is 0.556. The Balaban J connectivity index is 2.08. The first-order valence-corrected chi connectivity index (χ1v) is 8.52. The standard InChI is InChI=1S/C18H25NO3S/c1-12(2)9-16(20)13(3)17(21)19-15(11-22-18(19)23)10-14-7-5-4-6-8-14/h4-8,12-13,15-16,20H,9-11H2,1-3H3/t13-,15-,16+/m0/s1. The van der Waals surface area contributed by atoms with Crippen molar-refractivity contribution in [1.82, 2.24) is 4.90 Å². The Hall–Kier alpha value is -1.46. The molecule has 23 heavy (non-hydrogen) atoms. The molecule has 1 saturated heterocycles. The van der Waals surface area contributed by atoms with E-state index in [0.29, 0.717) is 25.4 Å². The molecule has 1 aromatic carbocycles.